The van der Waals surface area contributed by atoms with E-state index >= 15 is 0 Å². The molecule has 4 nitrogen and oxygen atoms in total. The molecule has 3 rings (SSSR count). The summed E-state index contributed by atoms with van der Waals surface area (Å²) in [7, 11) is 1.57. The molecule has 1 atom stereocenters. The van der Waals surface area contributed by atoms with Gasteiger partial charge in [0.1, 0.15) is 0 Å². The summed E-state index contributed by atoms with van der Waals surface area (Å²) in [6.45, 7) is 0. The highest BCUT2D eigenvalue weighted by Gasteiger charge is 2.49. The van der Waals surface area contributed by atoms with Crippen molar-refractivity contribution in [3.05, 3.63) is 63.6 Å². The summed E-state index contributed by atoms with van der Waals surface area (Å²) >= 11 is 11.8. The molecule has 0 fully saturated rings. The maximum Gasteiger partial charge on any atom is 0.263 e. The zero-order valence-electron chi connectivity index (χ0n) is 12.2. The first kappa shape index (κ1) is 16.0. The van der Waals surface area contributed by atoms with Gasteiger partial charge in [-0.2, -0.15) is 0 Å². The van der Waals surface area contributed by atoms with Gasteiger partial charge in [-0.25, -0.2) is 0 Å². The molecule has 0 aliphatic carbocycles. The van der Waals surface area contributed by atoms with E-state index in [-0.39, 0.29) is 17.2 Å². The Hall–Kier alpha value is -1.88. The van der Waals surface area contributed by atoms with Crippen LogP contribution >= 0.6 is 23.2 Å². The Balaban J connectivity index is 1.97. The highest BCUT2D eigenvalue weighted by atomic mass is 35.5. The number of rotatable bonds is 3. The summed E-state index contributed by atoms with van der Waals surface area (Å²) in [4.78, 5) is 26.3. The van der Waals surface area contributed by atoms with Crippen LogP contribution in [0.2, 0.25) is 10.0 Å². The van der Waals surface area contributed by atoms with Gasteiger partial charge in [-0.3, -0.25) is 9.59 Å². The van der Waals surface area contributed by atoms with Crippen molar-refractivity contribution in [1.29, 1.82) is 0 Å². The van der Waals surface area contributed by atoms with Crippen molar-refractivity contribution in [3.8, 4) is 0 Å². The molecule has 0 saturated carbocycles. The van der Waals surface area contributed by atoms with Crippen molar-refractivity contribution in [1.82, 2.24) is 0 Å². The molecule has 23 heavy (non-hydrogen) atoms. The van der Waals surface area contributed by atoms with Gasteiger partial charge in [-0.1, -0.05) is 41.4 Å². The number of para-hydroxylation sites is 1. The van der Waals surface area contributed by atoms with Crippen molar-refractivity contribution in [2.45, 2.75) is 12.0 Å². The largest absolute Gasteiger partial charge is 0.375 e. The number of anilines is 1. The van der Waals surface area contributed by atoms with Crippen LogP contribution in [0.25, 0.3) is 0 Å². The molecule has 0 unspecified atom stereocenters. The summed E-state index contributed by atoms with van der Waals surface area (Å²) < 4.78 is 0. The quantitative estimate of drug-likeness (QED) is 0.863. The molecule has 1 amide bonds. The van der Waals surface area contributed by atoms with E-state index in [1.807, 2.05) is 0 Å². The molecule has 1 aliphatic heterocycles. The number of amides is 1. The van der Waals surface area contributed by atoms with Crippen molar-refractivity contribution < 1.29 is 14.7 Å². The van der Waals surface area contributed by atoms with Gasteiger partial charge in [0.05, 0.1) is 22.2 Å². The first-order chi connectivity index (χ1) is 10.8. The van der Waals surface area contributed by atoms with Gasteiger partial charge >= 0.3 is 0 Å². The predicted molar refractivity (Wildman–Crippen MR) is 89.2 cm³/mol. The molecule has 118 valence electrons. The first-order valence-corrected chi connectivity index (χ1v) is 7.68. The Labute approximate surface area is 143 Å². The lowest BCUT2D eigenvalue weighted by molar-refractivity contribution is -0.135. The van der Waals surface area contributed by atoms with E-state index in [9.17, 15) is 14.7 Å². The van der Waals surface area contributed by atoms with Gasteiger partial charge in [-0.05, 0) is 24.3 Å². The molecular weight excluding hydrogens is 337 g/mol. The van der Waals surface area contributed by atoms with Crippen LogP contribution in [0.5, 0.6) is 0 Å². The van der Waals surface area contributed by atoms with Crippen LogP contribution in [-0.2, 0) is 10.4 Å². The number of carbonyl (C=O) groups is 2. The lowest BCUT2D eigenvalue weighted by Crippen LogP contribution is -2.40. The maximum atomic E-state index is 12.5. The zero-order valence-corrected chi connectivity index (χ0v) is 13.7. The van der Waals surface area contributed by atoms with Crippen LogP contribution in [0.3, 0.4) is 0 Å². The van der Waals surface area contributed by atoms with E-state index in [4.69, 9.17) is 23.2 Å². The standard InChI is InChI=1S/C17H13Cl2NO3/c1-20-14-5-3-2-4-11(14)17(23,16(20)22)9-15(21)10-6-7-12(18)13(19)8-10/h2-8,23H,9H2,1H3/t17-/m0/s1. The van der Waals surface area contributed by atoms with Gasteiger partial charge in [0, 0.05) is 18.2 Å². The smallest absolute Gasteiger partial charge is 0.263 e. The fourth-order valence-electron chi connectivity index (χ4n) is 2.79. The molecule has 1 heterocycles. The Morgan fingerprint density at radius 3 is 2.57 bits per heavy atom. The molecule has 1 aliphatic rings. The second-order valence-corrected chi connectivity index (χ2v) is 6.28. The third-order valence-electron chi connectivity index (χ3n) is 4.03. The SMILES string of the molecule is CN1C(=O)[C@](O)(CC(=O)c2ccc(Cl)c(Cl)c2)c2ccccc21. The molecular formula is C17H13Cl2NO3. The average Bonchev–Trinajstić information content (AvgIpc) is 2.72. The highest BCUT2D eigenvalue weighted by Crippen LogP contribution is 2.42. The predicted octanol–water partition coefficient (Wildman–Crippen LogP) is 3.43. The Kier molecular flexibility index (Phi) is 3.92. The summed E-state index contributed by atoms with van der Waals surface area (Å²) in [6.07, 6.45) is -0.356. The van der Waals surface area contributed by atoms with Gasteiger partial charge in [-0.15, -0.1) is 0 Å². The normalized spacial score (nSPS) is 19.8. The summed E-state index contributed by atoms with van der Waals surface area (Å²) in [5.41, 5.74) is -0.537. The molecule has 0 spiro atoms. The first-order valence-electron chi connectivity index (χ1n) is 6.93. The van der Waals surface area contributed by atoms with Crippen LogP contribution < -0.4 is 4.90 Å². The van der Waals surface area contributed by atoms with E-state index in [0.29, 0.717) is 21.8 Å². The van der Waals surface area contributed by atoms with Gasteiger partial charge in [0.15, 0.2) is 11.4 Å². The fraction of sp³-hybridized carbons (Fsp3) is 0.176. The average molecular weight is 350 g/mol. The number of ketones is 1. The molecule has 6 heteroatoms. The Morgan fingerprint density at radius 1 is 1.17 bits per heavy atom. The minimum atomic E-state index is -1.87. The van der Waals surface area contributed by atoms with E-state index in [1.165, 1.54) is 23.1 Å². The van der Waals surface area contributed by atoms with E-state index in [1.54, 1.807) is 31.3 Å². The number of benzene rings is 2. The number of halogens is 2. The summed E-state index contributed by atoms with van der Waals surface area (Å²) in [6, 6.07) is 11.3. The summed E-state index contributed by atoms with van der Waals surface area (Å²) in [5, 5.41) is 11.5. The lowest BCUT2D eigenvalue weighted by atomic mass is 9.88. The summed E-state index contributed by atoms with van der Waals surface area (Å²) in [5.74, 6) is -0.906. The van der Waals surface area contributed by atoms with Crippen molar-refractivity contribution in [2.24, 2.45) is 0 Å². The molecule has 1 N–H and O–H groups in total. The van der Waals surface area contributed by atoms with E-state index in [0.717, 1.165) is 0 Å². The second-order valence-electron chi connectivity index (χ2n) is 5.47. The molecule has 0 aromatic heterocycles. The van der Waals surface area contributed by atoms with Crippen LogP contribution in [0.15, 0.2) is 42.5 Å². The number of Topliss-reactive ketones (excluding diaryl/α,β-unsaturated/α-hetero) is 1. The second kappa shape index (κ2) is 5.64. The number of likely N-dealkylation sites (N-methyl/N-ethyl adjacent to an activating group) is 1. The van der Waals surface area contributed by atoms with E-state index in [2.05, 4.69) is 0 Å². The van der Waals surface area contributed by atoms with Gasteiger partial charge in [0.25, 0.3) is 5.91 Å². The molecule has 2 aromatic carbocycles. The topological polar surface area (TPSA) is 57.6 Å². The number of nitrogens with zero attached hydrogens (tertiary/aromatic N) is 1. The third kappa shape index (κ3) is 2.53. The number of hydrogen-bond acceptors (Lipinski definition) is 3. The van der Waals surface area contributed by atoms with Crippen molar-refractivity contribution >= 4 is 40.6 Å². The van der Waals surface area contributed by atoms with Crippen molar-refractivity contribution in [3.63, 3.8) is 0 Å². The number of carbonyl (C=O) groups excluding carboxylic acids is 2. The zero-order chi connectivity index (χ0) is 16.8. The monoisotopic (exact) mass is 349 g/mol. The van der Waals surface area contributed by atoms with Crippen molar-refractivity contribution in [2.75, 3.05) is 11.9 Å². The molecule has 0 saturated heterocycles. The molecule has 2 aromatic rings. The highest BCUT2D eigenvalue weighted by molar-refractivity contribution is 6.42. The Morgan fingerprint density at radius 2 is 1.87 bits per heavy atom. The minimum Gasteiger partial charge on any atom is -0.375 e. The van der Waals surface area contributed by atoms with Gasteiger partial charge in [0.2, 0.25) is 0 Å². The maximum absolute atomic E-state index is 12.5. The number of fused-ring (bicyclic) bond motifs is 1. The molecule has 0 bridgehead atoms. The van der Waals surface area contributed by atoms with E-state index < -0.39 is 11.5 Å². The van der Waals surface area contributed by atoms with Crippen LogP contribution in [0.4, 0.5) is 5.69 Å². The van der Waals surface area contributed by atoms with Crippen LogP contribution in [0.1, 0.15) is 22.3 Å². The lowest BCUT2D eigenvalue weighted by Gasteiger charge is -2.21. The van der Waals surface area contributed by atoms with Crippen LogP contribution in [-0.4, -0.2) is 23.8 Å². The third-order valence-corrected chi connectivity index (χ3v) is 4.77. The Bertz CT molecular complexity index is 821. The number of hydrogen-bond donors (Lipinski definition) is 1. The van der Waals surface area contributed by atoms with Crippen LogP contribution in [0, 0.1) is 0 Å². The molecule has 0 radical (unpaired) electrons. The minimum absolute atomic E-state index is 0.250. The van der Waals surface area contributed by atoms with Gasteiger partial charge < -0.3 is 10.0 Å². The number of aliphatic hydroxyl groups is 1. The fourth-order valence-corrected chi connectivity index (χ4v) is 3.09.